The molecule has 0 saturated carbocycles. The molecule has 0 bridgehead atoms. The molecule has 0 aromatic carbocycles. The third-order valence-electron chi connectivity index (χ3n) is 13.8. The maximum atomic E-state index is 12.5. The number of aliphatic hydroxyl groups is 2. The van der Waals surface area contributed by atoms with E-state index in [0.717, 1.165) is 89.9 Å². The molecule has 0 rings (SSSR count). The Labute approximate surface area is 448 Å². The predicted molar refractivity (Wildman–Crippen MR) is 322 cm³/mol. The molecule has 2 unspecified atom stereocenters. The van der Waals surface area contributed by atoms with Crippen molar-refractivity contribution in [2.75, 3.05) is 6.61 Å². The third-order valence-corrected chi connectivity index (χ3v) is 13.8. The molecular weight excluding hydrogens is 879 g/mol. The zero-order valence-electron chi connectivity index (χ0n) is 47.7. The molecular formula is C68H119NO3. The smallest absolute Gasteiger partial charge is 0.220 e. The van der Waals surface area contributed by atoms with Crippen LogP contribution >= 0.6 is 0 Å². The molecule has 72 heavy (non-hydrogen) atoms. The third kappa shape index (κ3) is 57.9. The summed E-state index contributed by atoms with van der Waals surface area (Å²) in [5, 5.41) is 23.2. The summed E-state index contributed by atoms with van der Waals surface area (Å²) in [7, 11) is 0. The van der Waals surface area contributed by atoms with Gasteiger partial charge in [-0.3, -0.25) is 4.79 Å². The van der Waals surface area contributed by atoms with Gasteiger partial charge in [0.15, 0.2) is 0 Å². The summed E-state index contributed by atoms with van der Waals surface area (Å²) in [6, 6.07) is -0.636. The van der Waals surface area contributed by atoms with Gasteiger partial charge in [-0.15, -0.1) is 0 Å². The van der Waals surface area contributed by atoms with Gasteiger partial charge in [-0.05, 0) is 83.5 Å². The van der Waals surface area contributed by atoms with Crippen molar-refractivity contribution in [1.82, 2.24) is 5.32 Å². The highest BCUT2D eigenvalue weighted by Crippen LogP contribution is 2.17. The molecule has 414 valence electrons. The van der Waals surface area contributed by atoms with Gasteiger partial charge < -0.3 is 15.5 Å². The van der Waals surface area contributed by atoms with Crippen LogP contribution in [0.25, 0.3) is 0 Å². The Balaban J connectivity index is 3.57. The first kappa shape index (κ1) is 69.0. The molecule has 0 spiro atoms. The second kappa shape index (κ2) is 62.3. The van der Waals surface area contributed by atoms with Crippen LogP contribution in [-0.2, 0) is 4.79 Å². The number of nitrogens with one attached hydrogen (secondary N) is 1. The summed E-state index contributed by atoms with van der Waals surface area (Å²) >= 11 is 0. The summed E-state index contributed by atoms with van der Waals surface area (Å²) in [5.41, 5.74) is 0. The quantitative estimate of drug-likeness (QED) is 0.0420. The molecule has 0 aliphatic carbocycles. The van der Waals surface area contributed by atoms with Gasteiger partial charge in [-0.25, -0.2) is 0 Å². The molecule has 4 heteroatoms. The Morgan fingerprint density at radius 2 is 0.611 bits per heavy atom. The number of hydrogen-bond acceptors (Lipinski definition) is 3. The highest BCUT2D eigenvalue weighted by molar-refractivity contribution is 5.76. The summed E-state index contributed by atoms with van der Waals surface area (Å²) in [5.74, 6) is -0.0739. The number of unbranched alkanes of at least 4 members (excludes halogenated alkanes) is 33. The van der Waals surface area contributed by atoms with Crippen molar-refractivity contribution in [2.45, 2.75) is 309 Å². The molecule has 2 atom stereocenters. The number of carbonyl (C=O) groups excluding carboxylic acids is 1. The van der Waals surface area contributed by atoms with Gasteiger partial charge in [0.1, 0.15) is 0 Å². The standard InChI is InChI=1S/C68H119NO3/c1-3-5-7-9-11-13-15-17-19-21-23-25-27-29-31-32-33-34-35-36-38-40-42-44-46-48-50-52-54-56-58-60-62-64-68(72)69-66(65-70)67(71)63-61-59-57-55-53-51-49-47-45-43-41-39-37-30-28-26-24-22-20-18-16-14-12-10-8-6-4-2/h5,7,11,13,17,19,23,25,29,31,33-34,36,38,42,44,61,63,66-67,70-71H,3-4,6,8-10,12,14-16,18,20-22,24,26-28,30,32,35,37,39-41,43,45-60,62,64-65H2,1-2H3,(H,69,72)/b7-5-,13-11-,19-17-,25-23-,31-29-,34-33-,38-36-,44-42-,63-61+. The van der Waals surface area contributed by atoms with Crippen molar-refractivity contribution >= 4 is 5.91 Å². The largest absolute Gasteiger partial charge is 0.394 e. The normalized spacial score (nSPS) is 13.6. The van der Waals surface area contributed by atoms with Gasteiger partial charge in [-0.1, -0.05) is 316 Å². The number of aliphatic hydroxyl groups excluding tert-OH is 2. The first-order valence-electron chi connectivity index (χ1n) is 31.1. The molecule has 0 aliphatic rings. The lowest BCUT2D eigenvalue weighted by Crippen LogP contribution is -2.45. The summed E-state index contributed by atoms with van der Waals surface area (Å²) in [4.78, 5) is 12.5. The van der Waals surface area contributed by atoms with Gasteiger partial charge in [0.2, 0.25) is 5.91 Å². The van der Waals surface area contributed by atoms with Gasteiger partial charge >= 0.3 is 0 Å². The van der Waals surface area contributed by atoms with Crippen LogP contribution in [0.15, 0.2) is 109 Å². The second-order valence-electron chi connectivity index (χ2n) is 20.7. The number of hydrogen-bond donors (Lipinski definition) is 3. The molecule has 1 amide bonds. The lowest BCUT2D eigenvalue weighted by atomic mass is 10.0. The zero-order valence-corrected chi connectivity index (χ0v) is 47.7. The fourth-order valence-corrected chi connectivity index (χ4v) is 9.08. The molecule has 0 heterocycles. The van der Waals surface area contributed by atoms with Crippen LogP contribution in [0.1, 0.15) is 296 Å². The van der Waals surface area contributed by atoms with Crippen LogP contribution in [0.3, 0.4) is 0 Å². The van der Waals surface area contributed by atoms with E-state index in [1.165, 1.54) is 186 Å². The molecule has 0 aromatic heterocycles. The van der Waals surface area contributed by atoms with Crippen LogP contribution in [0, 0.1) is 0 Å². The Hall–Kier alpha value is -2.95. The number of rotatable bonds is 56. The first-order chi connectivity index (χ1) is 35.7. The van der Waals surface area contributed by atoms with Crippen molar-refractivity contribution in [3.05, 3.63) is 109 Å². The minimum absolute atomic E-state index is 0.0739. The van der Waals surface area contributed by atoms with E-state index in [1.54, 1.807) is 6.08 Å². The maximum Gasteiger partial charge on any atom is 0.220 e. The van der Waals surface area contributed by atoms with E-state index in [2.05, 4.69) is 116 Å². The Morgan fingerprint density at radius 3 is 0.917 bits per heavy atom. The van der Waals surface area contributed by atoms with Gasteiger partial charge in [-0.2, -0.15) is 0 Å². The second-order valence-corrected chi connectivity index (χ2v) is 20.7. The van der Waals surface area contributed by atoms with Crippen molar-refractivity contribution in [3.8, 4) is 0 Å². The molecule has 0 saturated heterocycles. The monoisotopic (exact) mass is 998 g/mol. The average Bonchev–Trinajstić information content (AvgIpc) is 3.39. The van der Waals surface area contributed by atoms with E-state index in [0.29, 0.717) is 6.42 Å². The van der Waals surface area contributed by atoms with Crippen LogP contribution in [0.5, 0.6) is 0 Å². The van der Waals surface area contributed by atoms with E-state index in [4.69, 9.17) is 0 Å². The first-order valence-corrected chi connectivity index (χ1v) is 31.1. The Kier molecular flexibility index (Phi) is 59.8. The number of allylic oxidation sites excluding steroid dienone is 17. The van der Waals surface area contributed by atoms with Crippen LogP contribution in [0.4, 0.5) is 0 Å². The lowest BCUT2D eigenvalue weighted by molar-refractivity contribution is -0.123. The SMILES string of the molecule is CC/C=C\C/C=C\C/C=C\C/C=C\C/C=C\C/C=C\C/C=C\C/C=C\CCCCCCCCCCC(=O)NC(CO)C(O)/C=C/CCCCCCCCCCCCCCCCCCCCCCCCCCC. The molecule has 0 aliphatic heterocycles. The van der Waals surface area contributed by atoms with Crippen molar-refractivity contribution < 1.29 is 15.0 Å². The maximum absolute atomic E-state index is 12.5. The van der Waals surface area contributed by atoms with E-state index in [1.807, 2.05) is 6.08 Å². The van der Waals surface area contributed by atoms with Gasteiger partial charge in [0.05, 0.1) is 18.8 Å². The van der Waals surface area contributed by atoms with Crippen LogP contribution in [-0.4, -0.2) is 34.9 Å². The highest BCUT2D eigenvalue weighted by atomic mass is 16.3. The Bertz CT molecular complexity index is 1360. The van der Waals surface area contributed by atoms with E-state index >= 15 is 0 Å². The van der Waals surface area contributed by atoms with Crippen molar-refractivity contribution in [1.29, 1.82) is 0 Å². The molecule has 4 nitrogen and oxygen atoms in total. The lowest BCUT2D eigenvalue weighted by Gasteiger charge is -2.20. The van der Waals surface area contributed by atoms with Gasteiger partial charge in [0, 0.05) is 6.42 Å². The van der Waals surface area contributed by atoms with E-state index < -0.39 is 12.1 Å². The summed E-state index contributed by atoms with van der Waals surface area (Å²) in [6.07, 6.45) is 94.1. The average molecular weight is 999 g/mol. The number of amides is 1. The van der Waals surface area contributed by atoms with E-state index in [9.17, 15) is 15.0 Å². The number of carbonyl (C=O) groups is 1. The molecule has 0 fully saturated rings. The van der Waals surface area contributed by atoms with Crippen molar-refractivity contribution in [3.63, 3.8) is 0 Å². The van der Waals surface area contributed by atoms with Crippen LogP contribution < -0.4 is 5.32 Å². The Morgan fingerprint density at radius 1 is 0.347 bits per heavy atom. The topological polar surface area (TPSA) is 69.6 Å². The zero-order chi connectivity index (χ0) is 52.0. The molecule has 3 N–H and O–H groups in total. The highest BCUT2D eigenvalue weighted by Gasteiger charge is 2.18. The fourth-order valence-electron chi connectivity index (χ4n) is 9.08. The minimum atomic E-state index is -0.852. The minimum Gasteiger partial charge on any atom is -0.394 e. The predicted octanol–water partition coefficient (Wildman–Crippen LogP) is 21.0. The van der Waals surface area contributed by atoms with Crippen LogP contribution in [0.2, 0.25) is 0 Å². The van der Waals surface area contributed by atoms with Gasteiger partial charge in [0.25, 0.3) is 0 Å². The summed E-state index contributed by atoms with van der Waals surface area (Å²) < 4.78 is 0. The molecule has 0 radical (unpaired) electrons. The molecule has 0 aromatic rings. The fraction of sp³-hybridized carbons (Fsp3) is 0.721. The van der Waals surface area contributed by atoms with E-state index in [-0.39, 0.29) is 12.5 Å². The van der Waals surface area contributed by atoms with Crippen molar-refractivity contribution in [2.24, 2.45) is 0 Å². The summed E-state index contributed by atoms with van der Waals surface area (Å²) in [6.45, 7) is 4.21.